The Morgan fingerprint density at radius 2 is 1.98 bits per heavy atom. The first kappa shape index (κ1) is 27.4. The van der Waals surface area contributed by atoms with Gasteiger partial charge in [0.25, 0.3) is 0 Å². The molecule has 0 radical (unpaired) electrons. The molecule has 12 heteroatoms. The standard InChI is InChI=1S/C28H34N8O3S/c1-5-13-34(28(39)30-2)35-17-24(37)36-21(14-18-9-11-20(12-10-18)32(3)4)26(38)33(16-23(35)36)15-19-7-6-8-22-25(19)31-27(29)40-22/h5-12,21,23H,1,13-17H2,2-4H3,(H2,29,31)(H,30,39)/t21-,23+/m0/s1. The summed E-state index contributed by atoms with van der Waals surface area (Å²) in [5.74, 6) is -0.334. The molecule has 0 unspecified atom stereocenters. The minimum absolute atomic E-state index is 0.0126. The van der Waals surface area contributed by atoms with Crippen LogP contribution in [-0.4, -0.2) is 95.6 Å². The van der Waals surface area contributed by atoms with E-state index in [1.54, 1.807) is 27.9 Å². The first-order valence-electron chi connectivity index (χ1n) is 13.1. The average molecular weight is 563 g/mol. The zero-order valence-electron chi connectivity index (χ0n) is 22.9. The molecule has 2 saturated heterocycles. The van der Waals surface area contributed by atoms with Crippen molar-refractivity contribution in [2.45, 2.75) is 25.2 Å². The number of carbonyl (C=O) groups is 3. The van der Waals surface area contributed by atoms with Gasteiger partial charge in [0.2, 0.25) is 11.8 Å². The monoisotopic (exact) mass is 562 g/mol. The molecule has 2 aliphatic heterocycles. The van der Waals surface area contributed by atoms with Gasteiger partial charge in [-0.15, -0.1) is 6.58 Å². The molecule has 210 valence electrons. The Morgan fingerprint density at radius 1 is 1.23 bits per heavy atom. The highest BCUT2D eigenvalue weighted by atomic mass is 32.1. The van der Waals surface area contributed by atoms with Crippen molar-refractivity contribution in [2.75, 3.05) is 51.4 Å². The largest absolute Gasteiger partial charge is 0.378 e. The summed E-state index contributed by atoms with van der Waals surface area (Å²) in [7, 11) is 5.49. The van der Waals surface area contributed by atoms with Crippen LogP contribution in [0.3, 0.4) is 0 Å². The van der Waals surface area contributed by atoms with Gasteiger partial charge in [-0.2, -0.15) is 5.01 Å². The summed E-state index contributed by atoms with van der Waals surface area (Å²) in [6.45, 7) is 4.54. The second-order valence-corrected chi connectivity index (χ2v) is 11.2. The van der Waals surface area contributed by atoms with E-state index < -0.39 is 12.2 Å². The molecule has 5 rings (SSSR count). The zero-order valence-corrected chi connectivity index (χ0v) is 23.7. The molecule has 0 bridgehead atoms. The van der Waals surface area contributed by atoms with E-state index in [9.17, 15) is 14.4 Å². The van der Waals surface area contributed by atoms with Crippen LogP contribution in [0, 0.1) is 0 Å². The fraction of sp³-hybridized carbons (Fsp3) is 0.357. The minimum Gasteiger partial charge on any atom is -0.378 e. The number of para-hydroxylation sites is 1. The molecule has 2 atom stereocenters. The highest BCUT2D eigenvalue weighted by Gasteiger charge is 2.52. The van der Waals surface area contributed by atoms with Gasteiger partial charge in [0.1, 0.15) is 12.2 Å². The number of carbonyl (C=O) groups excluding carboxylic acids is 3. The van der Waals surface area contributed by atoms with Crippen LogP contribution in [0.1, 0.15) is 11.1 Å². The third kappa shape index (κ3) is 5.07. The quantitative estimate of drug-likeness (QED) is 0.404. The van der Waals surface area contributed by atoms with Crippen molar-refractivity contribution >= 4 is 50.2 Å². The number of hydrogen-bond donors (Lipinski definition) is 2. The van der Waals surface area contributed by atoms with Crippen LogP contribution in [0.25, 0.3) is 10.2 Å². The lowest BCUT2D eigenvalue weighted by Crippen LogP contribution is -2.65. The summed E-state index contributed by atoms with van der Waals surface area (Å²) in [5.41, 5.74) is 9.63. The first-order chi connectivity index (χ1) is 19.2. The maximum absolute atomic E-state index is 14.1. The molecule has 40 heavy (non-hydrogen) atoms. The summed E-state index contributed by atoms with van der Waals surface area (Å²) in [6.07, 6.45) is 1.45. The smallest absolute Gasteiger partial charge is 0.332 e. The number of hydrogen-bond acceptors (Lipinski definition) is 8. The average Bonchev–Trinajstić information content (AvgIpc) is 3.48. The van der Waals surface area contributed by atoms with E-state index in [2.05, 4.69) is 16.9 Å². The third-order valence-electron chi connectivity index (χ3n) is 7.39. The second kappa shape index (κ2) is 11.1. The number of nitrogens with one attached hydrogen (secondary N) is 1. The predicted molar refractivity (Wildman–Crippen MR) is 156 cm³/mol. The van der Waals surface area contributed by atoms with Crippen molar-refractivity contribution in [1.29, 1.82) is 0 Å². The number of urea groups is 1. The molecule has 3 heterocycles. The summed E-state index contributed by atoms with van der Waals surface area (Å²) < 4.78 is 0.952. The molecule has 4 amide bonds. The Bertz CT molecular complexity index is 1440. The van der Waals surface area contributed by atoms with Crippen molar-refractivity contribution in [3.63, 3.8) is 0 Å². The lowest BCUT2D eigenvalue weighted by Gasteiger charge is -2.46. The van der Waals surface area contributed by atoms with E-state index in [-0.39, 0.29) is 37.5 Å². The number of benzene rings is 2. The molecule has 0 aliphatic carbocycles. The second-order valence-electron chi connectivity index (χ2n) is 10.1. The van der Waals surface area contributed by atoms with Crippen LogP contribution in [0.5, 0.6) is 0 Å². The van der Waals surface area contributed by atoms with Crippen LogP contribution in [-0.2, 0) is 22.6 Å². The van der Waals surface area contributed by atoms with Crippen molar-refractivity contribution < 1.29 is 14.4 Å². The van der Waals surface area contributed by atoms with Crippen LogP contribution in [0.4, 0.5) is 15.6 Å². The van der Waals surface area contributed by atoms with Gasteiger partial charge in [0, 0.05) is 39.8 Å². The van der Waals surface area contributed by atoms with E-state index in [1.165, 1.54) is 16.3 Å². The number of rotatable bonds is 8. The molecule has 0 saturated carbocycles. The number of aromatic nitrogens is 1. The number of fused-ring (bicyclic) bond motifs is 2. The fourth-order valence-corrected chi connectivity index (χ4v) is 6.24. The molecule has 3 N–H and O–H groups in total. The molecule has 2 fully saturated rings. The molecule has 2 aliphatic rings. The number of anilines is 2. The van der Waals surface area contributed by atoms with Crippen LogP contribution in [0.15, 0.2) is 55.1 Å². The number of nitrogens with two attached hydrogens (primary N) is 1. The zero-order chi connectivity index (χ0) is 28.6. The summed E-state index contributed by atoms with van der Waals surface area (Å²) in [6, 6.07) is 12.7. The van der Waals surface area contributed by atoms with E-state index in [4.69, 9.17) is 5.73 Å². The molecule has 1 aromatic heterocycles. The number of thiazole rings is 1. The number of nitrogen functional groups attached to an aromatic ring is 1. The summed E-state index contributed by atoms with van der Waals surface area (Å²) in [5, 5.41) is 6.34. The van der Waals surface area contributed by atoms with Crippen molar-refractivity contribution in [2.24, 2.45) is 0 Å². The van der Waals surface area contributed by atoms with E-state index >= 15 is 0 Å². The SMILES string of the molecule is C=CCN(C(=O)NC)N1CC(=O)N2[C@@H](Cc3ccc(N(C)C)cc3)C(=O)N(Cc3cccc4sc(N)nc34)C[C@@H]21. The summed E-state index contributed by atoms with van der Waals surface area (Å²) >= 11 is 1.40. The van der Waals surface area contributed by atoms with Gasteiger partial charge < -0.3 is 25.8 Å². The van der Waals surface area contributed by atoms with Crippen LogP contribution in [0.2, 0.25) is 0 Å². The molecular formula is C28H34N8O3S. The third-order valence-corrected chi connectivity index (χ3v) is 8.24. The van der Waals surface area contributed by atoms with Crippen molar-refractivity contribution in [3.8, 4) is 0 Å². The van der Waals surface area contributed by atoms with Gasteiger partial charge in [0.15, 0.2) is 5.13 Å². The number of piperazine rings is 1. The van der Waals surface area contributed by atoms with E-state index in [1.807, 2.05) is 61.5 Å². The molecule has 3 aromatic rings. The molecule has 2 aromatic carbocycles. The predicted octanol–water partition coefficient (Wildman–Crippen LogP) is 2.11. The van der Waals surface area contributed by atoms with E-state index in [0.29, 0.717) is 18.1 Å². The number of amides is 4. The number of hydrazine groups is 1. The molecule has 11 nitrogen and oxygen atoms in total. The lowest BCUT2D eigenvalue weighted by molar-refractivity contribution is -0.157. The molecule has 0 spiro atoms. The summed E-state index contributed by atoms with van der Waals surface area (Å²) in [4.78, 5) is 50.3. The Hall–Kier alpha value is -4.16. The van der Waals surface area contributed by atoms with E-state index in [0.717, 1.165) is 27.0 Å². The highest BCUT2D eigenvalue weighted by molar-refractivity contribution is 7.22. The van der Waals surface area contributed by atoms with Gasteiger partial charge in [-0.1, -0.05) is 41.7 Å². The molecular weight excluding hydrogens is 528 g/mol. The minimum atomic E-state index is -0.726. The van der Waals surface area contributed by atoms with Gasteiger partial charge in [-0.3, -0.25) is 14.6 Å². The highest BCUT2D eigenvalue weighted by Crippen LogP contribution is 2.32. The maximum atomic E-state index is 14.1. The number of nitrogens with zero attached hydrogens (tertiary/aromatic N) is 6. The topological polar surface area (TPSA) is 118 Å². The van der Waals surface area contributed by atoms with Crippen molar-refractivity contribution in [3.05, 3.63) is 66.2 Å². The maximum Gasteiger partial charge on any atom is 0.332 e. The fourth-order valence-electron chi connectivity index (χ4n) is 5.46. The van der Waals surface area contributed by atoms with Crippen molar-refractivity contribution in [1.82, 2.24) is 30.1 Å². The Labute approximate surface area is 237 Å². The van der Waals surface area contributed by atoms with Crippen LogP contribution >= 0.6 is 11.3 Å². The first-order valence-corrected chi connectivity index (χ1v) is 13.9. The van der Waals surface area contributed by atoms with Gasteiger partial charge in [-0.05, 0) is 29.3 Å². The Morgan fingerprint density at radius 3 is 2.65 bits per heavy atom. The van der Waals surface area contributed by atoms with Gasteiger partial charge in [0.05, 0.1) is 29.9 Å². The Kier molecular flexibility index (Phi) is 7.63. The van der Waals surface area contributed by atoms with Crippen LogP contribution < -0.4 is 16.0 Å². The normalized spacial score (nSPS) is 19.2. The van der Waals surface area contributed by atoms with Gasteiger partial charge in [-0.25, -0.2) is 9.78 Å². The lowest BCUT2D eigenvalue weighted by atomic mass is 9.99. The Balaban J connectivity index is 1.51. The van der Waals surface area contributed by atoms with Gasteiger partial charge >= 0.3 is 6.03 Å².